The Hall–Kier alpha value is -2.96. The van der Waals surface area contributed by atoms with Gasteiger partial charge in [-0.25, -0.2) is 9.97 Å². The first kappa shape index (κ1) is 16.9. The van der Waals surface area contributed by atoms with Crippen molar-refractivity contribution in [1.82, 2.24) is 20.2 Å². The molecule has 0 aliphatic carbocycles. The third kappa shape index (κ3) is 3.31. The quantitative estimate of drug-likeness (QED) is 0.720. The summed E-state index contributed by atoms with van der Waals surface area (Å²) in [6, 6.07) is 5.87. The number of hydrogen-bond acceptors (Lipinski definition) is 9. The first-order chi connectivity index (χ1) is 11.8. The van der Waals surface area contributed by atoms with Gasteiger partial charge in [0, 0.05) is 0 Å². The highest BCUT2D eigenvalue weighted by molar-refractivity contribution is 8.01. The zero-order valence-corrected chi connectivity index (χ0v) is 13.5. The Morgan fingerprint density at radius 3 is 2.12 bits per heavy atom. The van der Waals surface area contributed by atoms with Crippen LogP contribution in [0.15, 0.2) is 21.5 Å². The Balaban J connectivity index is 2.23. The molecule has 0 aliphatic rings. The van der Waals surface area contributed by atoms with Gasteiger partial charge in [-0.1, -0.05) is 11.3 Å². The molecule has 0 spiro atoms. The van der Waals surface area contributed by atoms with Crippen LogP contribution in [0.3, 0.4) is 0 Å². The Morgan fingerprint density at radius 2 is 1.64 bits per heavy atom. The molecule has 2 heterocycles. The first-order valence-electron chi connectivity index (χ1n) is 6.32. The van der Waals surface area contributed by atoms with Crippen LogP contribution in [0.5, 0.6) is 0 Å². The van der Waals surface area contributed by atoms with Gasteiger partial charge in [0.25, 0.3) is 0 Å². The molecule has 0 fully saturated rings. The molecule has 1 aromatic carbocycles. The van der Waals surface area contributed by atoms with E-state index in [0.29, 0.717) is 11.8 Å². The minimum atomic E-state index is -4.76. The number of halogens is 3. The SMILES string of the molecule is N#Cc1cc2nc(Sc3nnc(N)s3)c(C(F)(F)F)nc2cc1C#N. The van der Waals surface area contributed by atoms with E-state index in [9.17, 15) is 13.2 Å². The molecule has 12 heteroatoms. The number of nitriles is 2. The smallest absolute Gasteiger partial charge is 0.374 e. The molecule has 0 saturated carbocycles. The van der Waals surface area contributed by atoms with E-state index in [0.717, 1.165) is 17.4 Å². The van der Waals surface area contributed by atoms with Gasteiger partial charge < -0.3 is 5.73 Å². The van der Waals surface area contributed by atoms with Crippen LogP contribution < -0.4 is 5.73 Å². The molecule has 7 nitrogen and oxygen atoms in total. The summed E-state index contributed by atoms with van der Waals surface area (Å²) in [4.78, 5) is 7.54. The molecule has 0 aliphatic heterocycles. The Morgan fingerprint density at radius 1 is 1.04 bits per heavy atom. The van der Waals surface area contributed by atoms with Crippen molar-refractivity contribution in [3.05, 3.63) is 29.0 Å². The summed E-state index contributed by atoms with van der Waals surface area (Å²) < 4.78 is 40.1. The average Bonchev–Trinajstić information content (AvgIpc) is 2.96. The minimum absolute atomic E-state index is 0.000156. The second-order valence-corrected chi connectivity index (χ2v) is 6.74. The average molecular weight is 379 g/mol. The molecule has 0 saturated heterocycles. The van der Waals surface area contributed by atoms with Crippen LogP contribution in [0.1, 0.15) is 16.8 Å². The normalized spacial score (nSPS) is 11.2. The van der Waals surface area contributed by atoms with Gasteiger partial charge in [-0.05, 0) is 23.9 Å². The van der Waals surface area contributed by atoms with E-state index < -0.39 is 16.9 Å². The molecule has 25 heavy (non-hydrogen) atoms. The maximum atomic E-state index is 13.3. The van der Waals surface area contributed by atoms with E-state index in [1.807, 2.05) is 0 Å². The number of aromatic nitrogens is 4. The second kappa shape index (κ2) is 6.16. The van der Waals surface area contributed by atoms with E-state index in [1.165, 1.54) is 6.07 Å². The van der Waals surface area contributed by atoms with Crippen LogP contribution >= 0.6 is 23.1 Å². The molecule has 0 amide bonds. The van der Waals surface area contributed by atoms with Gasteiger partial charge in [-0.15, -0.1) is 10.2 Å². The topological polar surface area (TPSA) is 125 Å². The first-order valence-corrected chi connectivity index (χ1v) is 7.95. The molecule has 2 N–H and O–H groups in total. The van der Waals surface area contributed by atoms with E-state index in [1.54, 1.807) is 12.1 Å². The zero-order valence-electron chi connectivity index (χ0n) is 11.9. The number of fused-ring (bicyclic) bond motifs is 1. The molecule has 0 unspecified atom stereocenters. The summed E-state index contributed by atoms with van der Waals surface area (Å²) in [7, 11) is 0. The highest BCUT2D eigenvalue weighted by atomic mass is 32.2. The van der Waals surface area contributed by atoms with E-state index in [-0.39, 0.29) is 31.6 Å². The van der Waals surface area contributed by atoms with Crippen molar-refractivity contribution < 1.29 is 13.2 Å². The lowest BCUT2D eigenvalue weighted by Gasteiger charge is -2.11. The summed E-state index contributed by atoms with van der Waals surface area (Å²) in [5.74, 6) is 0. The Bertz CT molecular complexity index is 1060. The van der Waals surface area contributed by atoms with E-state index >= 15 is 0 Å². The lowest BCUT2D eigenvalue weighted by Crippen LogP contribution is -2.11. The largest absolute Gasteiger partial charge is 0.436 e. The zero-order chi connectivity index (χ0) is 18.2. The van der Waals surface area contributed by atoms with Crippen LogP contribution in [0, 0.1) is 22.7 Å². The highest BCUT2D eigenvalue weighted by Gasteiger charge is 2.37. The van der Waals surface area contributed by atoms with Gasteiger partial charge in [0.1, 0.15) is 17.2 Å². The number of nitrogens with two attached hydrogens (primary N) is 1. The van der Waals surface area contributed by atoms with Gasteiger partial charge in [0.05, 0.1) is 22.2 Å². The lowest BCUT2D eigenvalue weighted by atomic mass is 10.1. The maximum absolute atomic E-state index is 13.3. The fourth-order valence-electron chi connectivity index (χ4n) is 1.87. The summed E-state index contributed by atoms with van der Waals surface area (Å²) >= 11 is 1.53. The molecular formula is C13H4F3N7S2. The standard InChI is InChI=1S/C13H4F3N7S2/c14-13(15,16)9-10(24-12-23-22-11(19)25-12)21-8-2-6(4-18)5(3-17)1-7(8)20-9/h1-2H,(H2,19,22). The number of benzene rings is 1. The van der Waals surface area contributed by atoms with Crippen molar-refractivity contribution in [3.8, 4) is 12.1 Å². The number of hydrogen-bond donors (Lipinski definition) is 1. The molecular weight excluding hydrogens is 375 g/mol. The van der Waals surface area contributed by atoms with Crippen LogP contribution in [-0.4, -0.2) is 20.2 Å². The molecule has 0 bridgehead atoms. The maximum Gasteiger partial charge on any atom is 0.436 e. The summed E-state index contributed by atoms with van der Waals surface area (Å²) in [5.41, 5.74) is 4.06. The van der Waals surface area contributed by atoms with Crippen molar-refractivity contribution in [1.29, 1.82) is 10.5 Å². The molecule has 3 rings (SSSR count). The van der Waals surface area contributed by atoms with Crippen LogP contribution in [0.25, 0.3) is 11.0 Å². The van der Waals surface area contributed by atoms with Gasteiger partial charge >= 0.3 is 6.18 Å². The number of nitrogen functional groups attached to an aromatic ring is 1. The van der Waals surface area contributed by atoms with Crippen molar-refractivity contribution in [3.63, 3.8) is 0 Å². The lowest BCUT2D eigenvalue weighted by molar-refractivity contribution is -0.143. The summed E-state index contributed by atoms with van der Waals surface area (Å²) in [6.07, 6.45) is -4.76. The molecule has 3 aromatic rings. The van der Waals surface area contributed by atoms with Gasteiger partial charge in [-0.2, -0.15) is 23.7 Å². The predicted molar refractivity (Wildman–Crippen MR) is 82.4 cm³/mol. The number of alkyl halides is 3. The van der Waals surface area contributed by atoms with Crippen LogP contribution in [0.2, 0.25) is 0 Å². The van der Waals surface area contributed by atoms with Crippen molar-refractivity contribution in [2.45, 2.75) is 15.5 Å². The molecule has 2 aromatic heterocycles. The number of nitrogens with zero attached hydrogens (tertiary/aromatic N) is 6. The second-order valence-electron chi connectivity index (χ2n) is 4.49. The van der Waals surface area contributed by atoms with Gasteiger partial charge in [0.2, 0.25) is 5.13 Å². The van der Waals surface area contributed by atoms with Crippen LogP contribution in [0.4, 0.5) is 18.3 Å². The third-order valence-electron chi connectivity index (χ3n) is 2.89. The fraction of sp³-hybridized carbons (Fsp3) is 0.0769. The Labute approximate surface area is 145 Å². The number of anilines is 1. The molecule has 0 radical (unpaired) electrons. The molecule has 0 atom stereocenters. The van der Waals surface area contributed by atoms with Crippen molar-refractivity contribution in [2.24, 2.45) is 0 Å². The molecule has 124 valence electrons. The third-order valence-corrected chi connectivity index (χ3v) is 4.67. The van der Waals surface area contributed by atoms with Crippen LogP contribution in [-0.2, 0) is 6.18 Å². The summed E-state index contributed by atoms with van der Waals surface area (Å²) in [6.45, 7) is 0. The monoisotopic (exact) mass is 379 g/mol. The number of rotatable bonds is 2. The predicted octanol–water partition coefficient (Wildman–Crippen LogP) is 2.98. The van der Waals surface area contributed by atoms with E-state index in [2.05, 4.69) is 20.2 Å². The van der Waals surface area contributed by atoms with Gasteiger partial charge in [0.15, 0.2) is 10.0 Å². The Kier molecular flexibility index (Phi) is 4.16. The summed E-state index contributed by atoms with van der Waals surface area (Å²) in [5, 5.41) is 24.9. The highest BCUT2D eigenvalue weighted by Crippen LogP contribution is 2.39. The minimum Gasteiger partial charge on any atom is -0.374 e. The van der Waals surface area contributed by atoms with Gasteiger partial charge in [-0.3, -0.25) is 0 Å². The fourth-order valence-corrected chi connectivity index (χ4v) is 3.52. The van der Waals surface area contributed by atoms with Crippen molar-refractivity contribution in [2.75, 3.05) is 5.73 Å². The van der Waals surface area contributed by atoms with Crippen molar-refractivity contribution >= 4 is 39.3 Å². The van der Waals surface area contributed by atoms with E-state index in [4.69, 9.17) is 16.3 Å².